The molecule has 0 spiro atoms. The van der Waals surface area contributed by atoms with Crippen LogP contribution in [0.1, 0.15) is 34.6 Å². The lowest BCUT2D eigenvalue weighted by molar-refractivity contribution is -0.128. The Kier molecular flexibility index (Phi) is 6.47. The smallest absolute Gasteiger partial charge is 0.408 e. The molecule has 0 aliphatic carbocycles. The Morgan fingerprint density at radius 3 is 2.11 bits per heavy atom. The molecule has 0 saturated carbocycles. The lowest BCUT2D eigenvalue weighted by Gasteiger charge is -2.23. The number of carbonyl (C=O) groups excluding carboxylic acids is 3. The molecule has 110 valence electrons. The molecule has 0 bridgehead atoms. The highest BCUT2D eigenvalue weighted by Gasteiger charge is 2.25. The number of ether oxygens (including phenoxy) is 1. The van der Waals surface area contributed by atoms with E-state index in [1.807, 2.05) is 0 Å². The summed E-state index contributed by atoms with van der Waals surface area (Å²) in [6.07, 6.45) is -0.808. The van der Waals surface area contributed by atoms with E-state index in [-0.39, 0.29) is 5.78 Å². The van der Waals surface area contributed by atoms with Crippen molar-refractivity contribution >= 4 is 17.8 Å². The number of aliphatic hydroxyl groups excluding tert-OH is 1. The molecule has 0 rings (SSSR count). The van der Waals surface area contributed by atoms with E-state index in [0.717, 1.165) is 0 Å². The Morgan fingerprint density at radius 1 is 1.21 bits per heavy atom. The van der Waals surface area contributed by atoms with Gasteiger partial charge >= 0.3 is 6.09 Å². The minimum Gasteiger partial charge on any atom is -0.444 e. The maximum absolute atomic E-state index is 11.7. The van der Waals surface area contributed by atoms with Crippen molar-refractivity contribution in [3.63, 3.8) is 0 Å². The normalized spacial score (nSPS) is 14.2. The van der Waals surface area contributed by atoms with E-state index in [4.69, 9.17) is 9.84 Å². The van der Waals surface area contributed by atoms with Gasteiger partial charge in [-0.1, -0.05) is 0 Å². The van der Waals surface area contributed by atoms with Gasteiger partial charge in [0, 0.05) is 0 Å². The highest BCUT2D eigenvalue weighted by Crippen LogP contribution is 2.06. The minimum atomic E-state index is -1.16. The molecule has 0 aromatic rings. The third-order valence-electron chi connectivity index (χ3n) is 2.16. The molecule has 2 atom stereocenters. The van der Waals surface area contributed by atoms with Crippen LogP contribution in [0.25, 0.3) is 0 Å². The first kappa shape index (κ1) is 17.4. The SMILES string of the molecule is CC(=O)[C@@H](C)NC(=O)[C@@H](CO)NC(=O)OC(C)(C)C. The zero-order valence-electron chi connectivity index (χ0n) is 11.9. The third-order valence-corrected chi connectivity index (χ3v) is 2.16. The number of Topliss-reactive ketones (excluding diaryl/α,β-unsaturated/α-hetero) is 1. The summed E-state index contributed by atoms with van der Waals surface area (Å²) >= 11 is 0. The summed E-state index contributed by atoms with van der Waals surface area (Å²) in [5.41, 5.74) is -0.701. The van der Waals surface area contributed by atoms with Gasteiger partial charge in [-0.05, 0) is 34.6 Å². The summed E-state index contributed by atoms with van der Waals surface area (Å²) in [5, 5.41) is 13.7. The van der Waals surface area contributed by atoms with Crippen LogP contribution in [-0.4, -0.2) is 47.2 Å². The van der Waals surface area contributed by atoms with Gasteiger partial charge in [0.2, 0.25) is 5.91 Å². The fraction of sp³-hybridized carbons (Fsp3) is 0.750. The molecule has 3 N–H and O–H groups in total. The largest absolute Gasteiger partial charge is 0.444 e. The van der Waals surface area contributed by atoms with E-state index < -0.39 is 36.3 Å². The van der Waals surface area contributed by atoms with Crippen molar-refractivity contribution in [3.8, 4) is 0 Å². The zero-order valence-corrected chi connectivity index (χ0v) is 11.9. The number of amides is 2. The van der Waals surface area contributed by atoms with Gasteiger partial charge in [0.05, 0.1) is 12.6 Å². The van der Waals surface area contributed by atoms with Crippen molar-refractivity contribution in [1.82, 2.24) is 10.6 Å². The van der Waals surface area contributed by atoms with Gasteiger partial charge in [-0.2, -0.15) is 0 Å². The van der Waals surface area contributed by atoms with Gasteiger partial charge in [-0.15, -0.1) is 0 Å². The Balaban J connectivity index is 4.46. The average molecular weight is 274 g/mol. The molecule has 7 nitrogen and oxygen atoms in total. The summed E-state index contributed by atoms with van der Waals surface area (Å²) < 4.78 is 4.96. The van der Waals surface area contributed by atoms with Crippen molar-refractivity contribution in [3.05, 3.63) is 0 Å². The van der Waals surface area contributed by atoms with Crippen LogP contribution in [0.5, 0.6) is 0 Å². The first-order valence-electron chi connectivity index (χ1n) is 5.98. The minimum absolute atomic E-state index is 0.220. The van der Waals surface area contributed by atoms with E-state index in [2.05, 4.69) is 10.6 Å². The molecule has 2 amide bonds. The summed E-state index contributed by atoms with van der Waals surface area (Å²) in [6, 6.07) is -1.83. The van der Waals surface area contributed by atoms with Crippen LogP contribution >= 0.6 is 0 Å². The molecule has 0 heterocycles. The standard InChI is InChI=1S/C12H22N2O5/c1-7(8(2)16)13-10(17)9(6-15)14-11(18)19-12(3,4)5/h7,9,15H,6H2,1-5H3,(H,13,17)(H,14,18)/t7-,9-/m1/s1. The molecule has 0 aromatic heterocycles. The number of carbonyl (C=O) groups is 3. The Labute approximate surface area is 112 Å². The van der Waals surface area contributed by atoms with Crippen LogP contribution in [-0.2, 0) is 14.3 Å². The molecule has 0 unspecified atom stereocenters. The number of rotatable bonds is 5. The monoisotopic (exact) mass is 274 g/mol. The summed E-state index contributed by atoms with van der Waals surface area (Å²) in [7, 11) is 0. The number of hydrogen-bond acceptors (Lipinski definition) is 5. The number of alkyl carbamates (subject to hydrolysis) is 1. The molecule has 0 fully saturated rings. The lowest BCUT2D eigenvalue weighted by atomic mass is 10.2. The number of aliphatic hydroxyl groups is 1. The van der Waals surface area contributed by atoms with E-state index in [1.165, 1.54) is 13.8 Å². The summed E-state index contributed by atoms with van der Waals surface area (Å²) in [6.45, 7) is 7.30. The molecule has 0 radical (unpaired) electrons. The van der Waals surface area contributed by atoms with Gasteiger partial charge in [-0.3, -0.25) is 9.59 Å². The van der Waals surface area contributed by atoms with E-state index in [1.54, 1.807) is 20.8 Å². The predicted molar refractivity (Wildman–Crippen MR) is 68.5 cm³/mol. The quantitative estimate of drug-likeness (QED) is 0.652. The molecule has 0 saturated heterocycles. The van der Waals surface area contributed by atoms with Crippen LogP contribution in [0.15, 0.2) is 0 Å². The first-order valence-corrected chi connectivity index (χ1v) is 5.98. The van der Waals surface area contributed by atoms with E-state index in [9.17, 15) is 14.4 Å². The van der Waals surface area contributed by atoms with Crippen molar-refractivity contribution in [2.75, 3.05) is 6.61 Å². The number of nitrogens with one attached hydrogen (secondary N) is 2. The Morgan fingerprint density at radius 2 is 1.74 bits per heavy atom. The van der Waals surface area contributed by atoms with E-state index in [0.29, 0.717) is 0 Å². The maximum atomic E-state index is 11.7. The Hall–Kier alpha value is -1.63. The van der Waals surface area contributed by atoms with Crippen molar-refractivity contribution in [2.45, 2.75) is 52.3 Å². The fourth-order valence-electron chi connectivity index (χ4n) is 1.06. The maximum Gasteiger partial charge on any atom is 0.408 e. The van der Waals surface area contributed by atoms with Crippen molar-refractivity contribution in [1.29, 1.82) is 0 Å². The van der Waals surface area contributed by atoms with Gasteiger partial charge in [0.1, 0.15) is 11.6 Å². The van der Waals surface area contributed by atoms with Crippen molar-refractivity contribution in [2.24, 2.45) is 0 Å². The third kappa shape index (κ3) is 7.40. The summed E-state index contributed by atoms with van der Waals surface area (Å²) in [5.74, 6) is -0.863. The van der Waals surface area contributed by atoms with Crippen LogP contribution in [0.3, 0.4) is 0 Å². The second kappa shape index (κ2) is 7.08. The van der Waals surface area contributed by atoms with Gasteiger partial charge in [0.15, 0.2) is 5.78 Å². The molecule has 19 heavy (non-hydrogen) atoms. The average Bonchev–Trinajstić information content (AvgIpc) is 2.22. The van der Waals surface area contributed by atoms with Crippen molar-refractivity contribution < 1.29 is 24.2 Å². The molecular formula is C12H22N2O5. The fourth-order valence-corrected chi connectivity index (χ4v) is 1.06. The molecule has 0 aliphatic heterocycles. The van der Waals surface area contributed by atoms with Gasteiger partial charge in [-0.25, -0.2) is 4.79 Å². The predicted octanol–water partition coefficient (Wildman–Crippen LogP) is -0.0343. The number of hydrogen-bond donors (Lipinski definition) is 3. The van der Waals surface area contributed by atoms with Crippen LogP contribution in [0.4, 0.5) is 4.79 Å². The zero-order chi connectivity index (χ0) is 15.2. The van der Waals surface area contributed by atoms with Crippen LogP contribution < -0.4 is 10.6 Å². The van der Waals surface area contributed by atoms with Gasteiger partial charge < -0.3 is 20.5 Å². The molecule has 7 heteroatoms. The molecular weight excluding hydrogens is 252 g/mol. The van der Waals surface area contributed by atoms with Crippen LogP contribution in [0, 0.1) is 0 Å². The van der Waals surface area contributed by atoms with Crippen LogP contribution in [0.2, 0.25) is 0 Å². The second-order valence-electron chi connectivity index (χ2n) is 5.22. The van der Waals surface area contributed by atoms with E-state index >= 15 is 0 Å². The second-order valence-corrected chi connectivity index (χ2v) is 5.22. The first-order chi connectivity index (χ1) is 8.56. The Bertz CT molecular complexity index is 349. The highest BCUT2D eigenvalue weighted by molar-refractivity contribution is 5.91. The topological polar surface area (TPSA) is 105 Å². The highest BCUT2D eigenvalue weighted by atomic mass is 16.6. The number of ketones is 1. The molecule has 0 aliphatic rings. The molecule has 0 aromatic carbocycles. The summed E-state index contributed by atoms with van der Waals surface area (Å²) in [4.78, 5) is 34.2. The van der Waals surface area contributed by atoms with Gasteiger partial charge in [0.25, 0.3) is 0 Å². The lowest BCUT2D eigenvalue weighted by Crippen LogP contribution is -2.52.